The number of rotatable bonds is 2. The fourth-order valence-electron chi connectivity index (χ4n) is 2.90. The molecule has 3 rings (SSSR count). The zero-order valence-corrected chi connectivity index (χ0v) is 14.1. The van der Waals surface area contributed by atoms with Gasteiger partial charge in [0, 0.05) is 35.2 Å². The maximum atomic E-state index is 4.68. The molecule has 1 aromatic carbocycles. The van der Waals surface area contributed by atoms with E-state index < -0.39 is 0 Å². The molecule has 0 bridgehead atoms. The SMILES string of the molecule is Cc1cc(Br)ccc1-c1nc(N2CC(C)NC(C)C2)n[nH]1. The van der Waals surface area contributed by atoms with Gasteiger partial charge in [0.15, 0.2) is 5.82 Å². The molecule has 0 amide bonds. The molecule has 0 spiro atoms. The summed E-state index contributed by atoms with van der Waals surface area (Å²) < 4.78 is 1.08. The molecule has 6 heteroatoms. The first-order chi connectivity index (χ1) is 10.0. The molecule has 2 N–H and O–H groups in total. The molecule has 1 fully saturated rings. The number of hydrogen-bond acceptors (Lipinski definition) is 4. The predicted molar refractivity (Wildman–Crippen MR) is 88.5 cm³/mol. The number of hydrogen-bond donors (Lipinski definition) is 2. The van der Waals surface area contributed by atoms with E-state index >= 15 is 0 Å². The van der Waals surface area contributed by atoms with Crippen molar-refractivity contribution < 1.29 is 0 Å². The fraction of sp³-hybridized carbons (Fsp3) is 0.467. The first-order valence-electron chi connectivity index (χ1n) is 7.23. The van der Waals surface area contributed by atoms with Gasteiger partial charge in [-0.3, -0.25) is 5.10 Å². The Morgan fingerprint density at radius 3 is 2.62 bits per heavy atom. The maximum Gasteiger partial charge on any atom is 0.245 e. The Balaban J connectivity index is 1.86. The Labute approximate surface area is 133 Å². The van der Waals surface area contributed by atoms with E-state index in [0.29, 0.717) is 12.1 Å². The Bertz CT molecular complexity index is 629. The molecule has 0 radical (unpaired) electrons. The summed E-state index contributed by atoms with van der Waals surface area (Å²) in [5.74, 6) is 1.61. The van der Waals surface area contributed by atoms with Crippen molar-refractivity contribution in [3.8, 4) is 11.4 Å². The first kappa shape index (κ1) is 14.5. The third-order valence-electron chi connectivity index (χ3n) is 3.76. The van der Waals surface area contributed by atoms with Gasteiger partial charge in [-0.2, -0.15) is 4.98 Å². The van der Waals surface area contributed by atoms with Gasteiger partial charge in [0.1, 0.15) is 0 Å². The van der Waals surface area contributed by atoms with Gasteiger partial charge in [-0.1, -0.05) is 15.9 Å². The Morgan fingerprint density at radius 2 is 1.95 bits per heavy atom. The van der Waals surface area contributed by atoms with E-state index in [-0.39, 0.29) is 0 Å². The number of halogens is 1. The number of H-pyrrole nitrogens is 1. The average Bonchev–Trinajstić information content (AvgIpc) is 2.87. The summed E-state index contributed by atoms with van der Waals surface area (Å²) >= 11 is 3.49. The van der Waals surface area contributed by atoms with E-state index in [2.05, 4.69) is 74.2 Å². The van der Waals surface area contributed by atoms with Crippen LogP contribution >= 0.6 is 15.9 Å². The molecular formula is C15H20BrN5. The van der Waals surface area contributed by atoms with Gasteiger partial charge in [-0.05, 0) is 44.5 Å². The molecule has 1 aromatic heterocycles. The van der Waals surface area contributed by atoms with Crippen LogP contribution in [0.5, 0.6) is 0 Å². The zero-order chi connectivity index (χ0) is 15.0. The number of aryl methyl sites for hydroxylation is 1. The third kappa shape index (κ3) is 3.11. The molecule has 21 heavy (non-hydrogen) atoms. The molecule has 5 nitrogen and oxygen atoms in total. The lowest BCUT2D eigenvalue weighted by Gasteiger charge is -2.35. The second-order valence-electron chi connectivity index (χ2n) is 5.82. The normalized spacial score (nSPS) is 22.6. The number of anilines is 1. The number of benzene rings is 1. The summed E-state index contributed by atoms with van der Waals surface area (Å²) in [6, 6.07) is 7.08. The second kappa shape index (κ2) is 5.77. The van der Waals surface area contributed by atoms with Crippen LogP contribution in [-0.2, 0) is 0 Å². The van der Waals surface area contributed by atoms with Crippen LogP contribution in [0.15, 0.2) is 22.7 Å². The van der Waals surface area contributed by atoms with Crippen LogP contribution in [0.3, 0.4) is 0 Å². The summed E-state index contributed by atoms with van der Waals surface area (Å²) in [6.07, 6.45) is 0. The van der Waals surface area contributed by atoms with Gasteiger partial charge < -0.3 is 10.2 Å². The van der Waals surface area contributed by atoms with Gasteiger partial charge >= 0.3 is 0 Å². The molecule has 2 unspecified atom stereocenters. The van der Waals surface area contributed by atoms with E-state index in [1.54, 1.807) is 0 Å². The van der Waals surface area contributed by atoms with E-state index in [1.807, 2.05) is 6.07 Å². The zero-order valence-electron chi connectivity index (χ0n) is 12.5. The van der Waals surface area contributed by atoms with Crippen LogP contribution in [0.1, 0.15) is 19.4 Å². The van der Waals surface area contributed by atoms with E-state index in [0.717, 1.165) is 34.9 Å². The van der Waals surface area contributed by atoms with Crippen LogP contribution in [0.25, 0.3) is 11.4 Å². The molecule has 2 heterocycles. The molecule has 2 atom stereocenters. The van der Waals surface area contributed by atoms with Crippen LogP contribution in [-0.4, -0.2) is 40.4 Å². The van der Waals surface area contributed by atoms with Crippen molar-refractivity contribution in [3.63, 3.8) is 0 Å². The maximum absolute atomic E-state index is 4.68. The van der Waals surface area contributed by atoms with Crippen LogP contribution in [0, 0.1) is 6.92 Å². The Kier molecular flexibility index (Phi) is 3.99. The highest BCUT2D eigenvalue weighted by Gasteiger charge is 2.24. The number of nitrogens with one attached hydrogen (secondary N) is 2. The molecule has 1 aliphatic rings. The highest BCUT2D eigenvalue weighted by Crippen LogP contribution is 2.25. The van der Waals surface area contributed by atoms with Crippen molar-refractivity contribution in [1.29, 1.82) is 0 Å². The van der Waals surface area contributed by atoms with Crippen LogP contribution in [0.4, 0.5) is 5.95 Å². The van der Waals surface area contributed by atoms with Crippen molar-refractivity contribution in [1.82, 2.24) is 20.5 Å². The summed E-state index contributed by atoms with van der Waals surface area (Å²) in [6.45, 7) is 8.32. The minimum Gasteiger partial charge on any atom is -0.336 e. The molecule has 0 saturated carbocycles. The summed E-state index contributed by atoms with van der Waals surface area (Å²) in [4.78, 5) is 6.92. The Morgan fingerprint density at radius 1 is 1.24 bits per heavy atom. The largest absolute Gasteiger partial charge is 0.336 e. The topological polar surface area (TPSA) is 56.8 Å². The minimum atomic E-state index is 0.449. The van der Waals surface area contributed by atoms with E-state index in [9.17, 15) is 0 Å². The monoisotopic (exact) mass is 349 g/mol. The van der Waals surface area contributed by atoms with Crippen molar-refractivity contribution in [3.05, 3.63) is 28.2 Å². The number of aromatic nitrogens is 3. The molecule has 1 aliphatic heterocycles. The lowest BCUT2D eigenvalue weighted by molar-refractivity contribution is 0.403. The molecule has 0 aliphatic carbocycles. The minimum absolute atomic E-state index is 0.449. The number of nitrogens with zero attached hydrogens (tertiary/aromatic N) is 3. The van der Waals surface area contributed by atoms with Crippen molar-refractivity contribution in [2.75, 3.05) is 18.0 Å². The van der Waals surface area contributed by atoms with Gasteiger partial charge in [0.25, 0.3) is 0 Å². The van der Waals surface area contributed by atoms with Gasteiger partial charge in [0.2, 0.25) is 5.95 Å². The third-order valence-corrected chi connectivity index (χ3v) is 4.25. The lowest BCUT2D eigenvalue weighted by atomic mass is 10.1. The van der Waals surface area contributed by atoms with Crippen molar-refractivity contribution in [2.45, 2.75) is 32.9 Å². The standard InChI is InChI=1S/C15H20BrN5/c1-9-6-12(16)4-5-13(9)14-18-15(20-19-14)21-7-10(2)17-11(3)8-21/h4-6,10-11,17H,7-8H2,1-3H3,(H,18,19,20). The highest BCUT2D eigenvalue weighted by molar-refractivity contribution is 9.10. The summed E-state index contributed by atoms with van der Waals surface area (Å²) in [5.41, 5.74) is 2.27. The smallest absolute Gasteiger partial charge is 0.245 e. The molecule has 2 aromatic rings. The van der Waals surface area contributed by atoms with Gasteiger partial charge in [-0.25, -0.2) is 0 Å². The quantitative estimate of drug-likeness (QED) is 0.875. The predicted octanol–water partition coefficient (Wildman–Crippen LogP) is 2.73. The highest BCUT2D eigenvalue weighted by atomic mass is 79.9. The van der Waals surface area contributed by atoms with Gasteiger partial charge in [-0.15, -0.1) is 5.10 Å². The van der Waals surface area contributed by atoms with Gasteiger partial charge in [0.05, 0.1) is 0 Å². The van der Waals surface area contributed by atoms with Crippen LogP contribution in [0.2, 0.25) is 0 Å². The Hall–Kier alpha value is -1.40. The average molecular weight is 350 g/mol. The number of piperazine rings is 1. The molecule has 1 saturated heterocycles. The van der Waals surface area contributed by atoms with Crippen molar-refractivity contribution >= 4 is 21.9 Å². The fourth-order valence-corrected chi connectivity index (χ4v) is 3.37. The second-order valence-corrected chi connectivity index (χ2v) is 6.73. The number of aromatic amines is 1. The van der Waals surface area contributed by atoms with Crippen molar-refractivity contribution in [2.24, 2.45) is 0 Å². The summed E-state index contributed by atoms with van der Waals surface area (Å²) in [5, 5.41) is 11.0. The van der Waals surface area contributed by atoms with E-state index in [4.69, 9.17) is 0 Å². The lowest BCUT2D eigenvalue weighted by Crippen LogP contribution is -2.54. The van der Waals surface area contributed by atoms with Crippen LogP contribution < -0.4 is 10.2 Å². The van der Waals surface area contributed by atoms with E-state index in [1.165, 1.54) is 5.56 Å². The molecule has 112 valence electrons. The molecular weight excluding hydrogens is 330 g/mol. The first-order valence-corrected chi connectivity index (χ1v) is 8.02. The summed E-state index contributed by atoms with van der Waals surface area (Å²) in [7, 11) is 0.